The third kappa shape index (κ3) is 3.82. The summed E-state index contributed by atoms with van der Waals surface area (Å²) >= 11 is 8.04. The third-order valence-electron chi connectivity index (χ3n) is 2.30. The highest BCUT2D eigenvalue weighted by Gasteiger charge is 2.12. The van der Waals surface area contributed by atoms with Gasteiger partial charge in [0, 0.05) is 6.54 Å². The normalized spacial score (nSPS) is 11.0. The molecule has 0 saturated heterocycles. The van der Waals surface area contributed by atoms with E-state index in [1.54, 1.807) is 11.3 Å². The minimum Gasteiger partial charge on any atom is -0.419 e. The molecule has 6 nitrogen and oxygen atoms in total. The Morgan fingerprint density at radius 2 is 2.14 bits per heavy atom. The van der Waals surface area contributed by atoms with Gasteiger partial charge < -0.3 is 9.73 Å². The molecule has 0 aliphatic heterocycles. The number of hydrogen-bond donors (Lipinski definition) is 1. The molecule has 3 heterocycles. The summed E-state index contributed by atoms with van der Waals surface area (Å²) in [4.78, 5) is 0.955. The molecule has 0 atom stereocenters. The van der Waals surface area contributed by atoms with E-state index < -0.39 is 0 Å². The van der Waals surface area contributed by atoms with Crippen LogP contribution in [0, 0.1) is 0 Å². The number of anilines is 1. The summed E-state index contributed by atoms with van der Waals surface area (Å²) < 4.78 is 7.56. The summed E-state index contributed by atoms with van der Waals surface area (Å²) in [5.41, 5.74) is 0. The van der Waals surface area contributed by atoms with E-state index in [4.69, 9.17) is 4.42 Å². The van der Waals surface area contributed by atoms with Crippen molar-refractivity contribution in [3.05, 3.63) is 21.8 Å². The van der Waals surface area contributed by atoms with Gasteiger partial charge >= 0.3 is 0 Å². The fourth-order valence-corrected chi connectivity index (χ4v) is 4.42. The number of hydrogen-bond acceptors (Lipinski definition) is 9. The van der Waals surface area contributed by atoms with Crippen LogP contribution in [-0.2, 0) is 5.75 Å². The number of thiophene rings is 1. The highest BCUT2D eigenvalue weighted by atomic mass is 79.9. The second-order valence-corrected chi connectivity index (χ2v) is 8.46. The van der Waals surface area contributed by atoms with Crippen molar-refractivity contribution in [2.75, 3.05) is 11.9 Å². The fraction of sp³-hybridized carbons (Fsp3) is 0.273. The van der Waals surface area contributed by atoms with Gasteiger partial charge in [-0.1, -0.05) is 23.1 Å². The average Bonchev–Trinajstić information content (AvgIpc) is 3.17. The van der Waals surface area contributed by atoms with Crippen LogP contribution in [0.15, 0.2) is 24.7 Å². The first-order valence-electron chi connectivity index (χ1n) is 6.03. The molecule has 0 bridgehead atoms. The lowest BCUT2D eigenvalue weighted by Gasteiger charge is -1.92. The Hall–Kier alpha value is -0.970. The monoisotopic (exact) mass is 403 g/mol. The first kappa shape index (κ1) is 14.9. The molecule has 0 unspecified atom stereocenters. The van der Waals surface area contributed by atoms with Crippen molar-refractivity contribution < 1.29 is 4.42 Å². The first-order chi connectivity index (χ1) is 10.2. The molecule has 0 amide bonds. The number of nitrogens with zero attached hydrogens (tertiary/aromatic N) is 4. The maximum atomic E-state index is 5.65. The van der Waals surface area contributed by atoms with Crippen LogP contribution < -0.4 is 5.32 Å². The molecular weight excluding hydrogens is 394 g/mol. The number of halogens is 1. The summed E-state index contributed by atoms with van der Waals surface area (Å²) in [6.07, 6.45) is 0. The van der Waals surface area contributed by atoms with Gasteiger partial charge in [-0.05, 0) is 35.0 Å². The highest BCUT2D eigenvalue weighted by Crippen LogP contribution is 2.32. The summed E-state index contributed by atoms with van der Waals surface area (Å²) in [5.74, 6) is 1.71. The van der Waals surface area contributed by atoms with Crippen molar-refractivity contribution in [2.24, 2.45) is 0 Å². The minimum absolute atomic E-state index is 0.548. The Balaban J connectivity index is 1.61. The van der Waals surface area contributed by atoms with Crippen LogP contribution in [0.4, 0.5) is 5.13 Å². The molecule has 3 aromatic rings. The van der Waals surface area contributed by atoms with Crippen LogP contribution in [0.1, 0.15) is 12.8 Å². The van der Waals surface area contributed by atoms with Crippen molar-refractivity contribution in [3.8, 4) is 10.8 Å². The molecule has 21 heavy (non-hydrogen) atoms. The van der Waals surface area contributed by atoms with Gasteiger partial charge in [0.15, 0.2) is 4.34 Å². The van der Waals surface area contributed by atoms with E-state index >= 15 is 0 Å². The molecule has 10 heteroatoms. The molecule has 1 N–H and O–H groups in total. The number of aromatic nitrogens is 4. The SMILES string of the molecule is CCNc1nnc(SCc2nnc(-c3ccc(Br)s3)o2)s1. The van der Waals surface area contributed by atoms with E-state index in [-0.39, 0.29) is 0 Å². The standard InChI is InChI=1S/C11H10BrN5OS3/c1-2-13-10-16-17-11(21-10)19-5-8-14-15-9(18-8)6-3-4-7(12)20-6/h3-4H,2,5H2,1H3,(H,13,16). The Bertz CT molecular complexity index is 725. The molecule has 0 aromatic carbocycles. The van der Waals surface area contributed by atoms with Gasteiger partial charge in [-0.15, -0.1) is 31.7 Å². The lowest BCUT2D eigenvalue weighted by molar-refractivity contribution is 0.529. The smallest absolute Gasteiger partial charge is 0.257 e. The van der Waals surface area contributed by atoms with Crippen molar-refractivity contribution in [2.45, 2.75) is 17.0 Å². The number of nitrogens with one attached hydrogen (secondary N) is 1. The van der Waals surface area contributed by atoms with E-state index in [2.05, 4.69) is 41.6 Å². The van der Waals surface area contributed by atoms with Gasteiger partial charge in [0.2, 0.25) is 11.0 Å². The highest BCUT2D eigenvalue weighted by molar-refractivity contribution is 9.11. The molecule has 0 saturated carbocycles. The zero-order valence-corrected chi connectivity index (χ0v) is 14.9. The van der Waals surface area contributed by atoms with E-state index in [1.807, 2.05) is 19.1 Å². The third-order valence-corrected chi connectivity index (χ3v) is 5.92. The van der Waals surface area contributed by atoms with Gasteiger partial charge in [-0.3, -0.25) is 0 Å². The van der Waals surface area contributed by atoms with Crippen molar-refractivity contribution in [3.63, 3.8) is 0 Å². The lowest BCUT2D eigenvalue weighted by atomic mass is 10.5. The average molecular weight is 404 g/mol. The molecule has 0 aliphatic rings. The van der Waals surface area contributed by atoms with Gasteiger partial charge in [-0.2, -0.15) is 0 Å². The topological polar surface area (TPSA) is 76.7 Å². The first-order valence-corrected chi connectivity index (χ1v) is 9.44. The van der Waals surface area contributed by atoms with Gasteiger partial charge in [0.05, 0.1) is 14.4 Å². The number of rotatable bonds is 6. The summed E-state index contributed by atoms with van der Waals surface area (Å²) in [7, 11) is 0. The molecule has 3 aromatic heterocycles. The van der Waals surface area contributed by atoms with Crippen LogP contribution in [0.5, 0.6) is 0 Å². The van der Waals surface area contributed by atoms with E-state index in [0.29, 0.717) is 17.5 Å². The van der Waals surface area contributed by atoms with Crippen LogP contribution >= 0.6 is 50.4 Å². The van der Waals surface area contributed by atoms with Crippen molar-refractivity contribution in [1.82, 2.24) is 20.4 Å². The predicted octanol–water partition coefficient (Wildman–Crippen LogP) is 4.14. The van der Waals surface area contributed by atoms with Gasteiger partial charge in [-0.25, -0.2) is 0 Å². The second-order valence-electron chi connectivity index (χ2n) is 3.80. The molecule has 3 rings (SSSR count). The molecule has 0 fully saturated rings. The fourth-order valence-electron chi connectivity index (χ4n) is 1.45. The molecule has 0 radical (unpaired) electrons. The molecule has 110 valence electrons. The second kappa shape index (κ2) is 6.86. The summed E-state index contributed by atoms with van der Waals surface area (Å²) in [6, 6.07) is 3.91. The van der Waals surface area contributed by atoms with Crippen molar-refractivity contribution >= 4 is 55.5 Å². The Morgan fingerprint density at radius 1 is 1.24 bits per heavy atom. The predicted molar refractivity (Wildman–Crippen MR) is 88.9 cm³/mol. The van der Waals surface area contributed by atoms with E-state index in [0.717, 1.165) is 24.7 Å². The molecule has 0 aliphatic carbocycles. The Kier molecular flexibility index (Phi) is 4.88. The summed E-state index contributed by atoms with van der Waals surface area (Å²) in [6.45, 7) is 2.86. The zero-order chi connectivity index (χ0) is 14.7. The Labute approximate surface area is 141 Å². The molecule has 0 spiro atoms. The quantitative estimate of drug-likeness (QED) is 0.619. The van der Waals surface area contributed by atoms with E-state index in [1.165, 1.54) is 23.1 Å². The van der Waals surface area contributed by atoms with Crippen molar-refractivity contribution in [1.29, 1.82) is 0 Å². The minimum atomic E-state index is 0.548. The summed E-state index contributed by atoms with van der Waals surface area (Å²) in [5, 5.41) is 20.2. The van der Waals surface area contributed by atoms with Crippen LogP contribution in [0.3, 0.4) is 0 Å². The van der Waals surface area contributed by atoms with Crippen LogP contribution in [0.25, 0.3) is 10.8 Å². The van der Waals surface area contributed by atoms with Crippen LogP contribution in [-0.4, -0.2) is 26.9 Å². The lowest BCUT2D eigenvalue weighted by Crippen LogP contribution is -1.94. The van der Waals surface area contributed by atoms with Crippen LogP contribution in [0.2, 0.25) is 0 Å². The maximum Gasteiger partial charge on any atom is 0.257 e. The maximum absolute atomic E-state index is 5.65. The molecular formula is C11H10BrN5OS3. The van der Waals surface area contributed by atoms with Gasteiger partial charge in [0.25, 0.3) is 5.89 Å². The Morgan fingerprint density at radius 3 is 2.90 bits per heavy atom. The largest absolute Gasteiger partial charge is 0.419 e. The number of thioether (sulfide) groups is 1. The van der Waals surface area contributed by atoms with Gasteiger partial charge in [0.1, 0.15) is 0 Å². The zero-order valence-electron chi connectivity index (χ0n) is 10.9. The van der Waals surface area contributed by atoms with E-state index in [9.17, 15) is 0 Å².